The van der Waals surface area contributed by atoms with E-state index in [9.17, 15) is 8.42 Å². The minimum Gasteiger partial charge on any atom is -0.313 e. The van der Waals surface area contributed by atoms with Crippen LogP contribution < -0.4 is 5.32 Å². The van der Waals surface area contributed by atoms with Gasteiger partial charge in [-0.1, -0.05) is 20.8 Å². The lowest BCUT2D eigenvalue weighted by Crippen LogP contribution is -2.44. The lowest BCUT2D eigenvalue weighted by atomic mass is 9.79. The van der Waals surface area contributed by atoms with Gasteiger partial charge in [-0.05, 0) is 44.1 Å². The van der Waals surface area contributed by atoms with Crippen molar-refractivity contribution < 1.29 is 8.42 Å². The van der Waals surface area contributed by atoms with Gasteiger partial charge in [-0.3, -0.25) is 0 Å². The second-order valence-corrected chi connectivity index (χ2v) is 10.0. The Kier molecular flexibility index (Phi) is 7.91. The molecule has 0 bridgehead atoms. The highest BCUT2D eigenvalue weighted by Gasteiger charge is 2.31. The predicted octanol–water partition coefficient (Wildman–Crippen LogP) is 2.96. The fraction of sp³-hybridized carbons (Fsp3) is 1.00. The van der Waals surface area contributed by atoms with Gasteiger partial charge in [-0.2, -0.15) is 11.8 Å². The van der Waals surface area contributed by atoms with Crippen LogP contribution in [0.3, 0.4) is 0 Å². The molecular weight excluding hydrogens is 290 g/mol. The molecule has 0 radical (unpaired) electrons. The van der Waals surface area contributed by atoms with E-state index >= 15 is 0 Å². The van der Waals surface area contributed by atoms with Crippen LogP contribution in [0.5, 0.6) is 0 Å². The third kappa shape index (κ3) is 6.81. The average molecular weight is 322 g/mol. The van der Waals surface area contributed by atoms with Crippen LogP contribution in [0, 0.1) is 11.8 Å². The Morgan fingerprint density at radius 3 is 2.55 bits per heavy atom. The van der Waals surface area contributed by atoms with Gasteiger partial charge < -0.3 is 5.32 Å². The molecule has 0 spiro atoms. The Labute approximate surface area is 129 Å². The normalized spacial score (nSPS) is 27.9. The van der Waals surface area contributed by atoms with E-state index in [0.29, 0.717) is 17.0 Å². The van der Waals surface area contributed by atoms with Crippen molar-refractivity contribution in [2.24, 2.45) is 11.8 Å². The molecule has 1 N–H and O–H groups in total. The first kappa shape index (κ1) is 18.3. The van der Waals surface area contributed by atoms with Crippen LogP contribution in [0.4, 0.5) is 0 Å². The number of rotatable bonds is 8. The van der Waals surface area contributed by atoms with Gasteiger partial charge in [0.2, 0.25) is 0 Å². The zero-order valence-electron chi connectivity index (χ0n) is 13.4. The molecule has 3 nitrogen and oxygen atoms in total. The molecule has 1 aliphatic rings. The molecule has 1 saturated carbocycles. The van der Waals surface area contributed by atoms with E-state index in [1.165, 1.54) is 25.5 Å². The minimum absolute atomic E-state index is 0.307. The van der Waals surface area contributed by atoms with E-state index < -0.39 is 9.84 Å². The van der Waals surface area contributed by atoms with Crippen molar-refractivity contribution in [3.05, 3.63) is 0 Å². The van der Waals surface area contributed by atoms with Crippen LogP contribution in [0.25, 0.3) is 0 Å². The molecule has 1 aliphatic carbocycles. The maximum atomic E-state index is 11.3. The molecule has 3 unspecified atom stereocenters. The van der Waals surface area contributed by atoms with Gasteiger partial charge in [0, 0.05) is 23.3 Å². The van der Waals surface area contributed by atoms with Crippen molar-refractivity contribution in [2.45, 2.75) is 57.7 Å². The van der Waals surface area contributed by atoms with E-state index in [0.717, 1.165) is 30.6 Å². The van der Waals surface area contributed by atoms with E-state index in [1.54, 1.807) is 0 Å². The Morgan fingerprint density at radius 2 is 2.00 bits per heavy atom. The molecule has 20 heavy (non-hydrogen) atoms. The molecule has 0 aromatic rings. The summed E-state index contributed by atoms with van der Waals surface area (Å²) in [6.07, 6.45) is 6.26. The molecular formula is C15H31NO2S2. The minimum atomic E-state index is -2.83. The van der Waals surface area contributed by atoms with Gasteiger partial charge in [0.15, 0.2) is 0 Å². The summed E-state index contributed by atoms with van der Waals surface area (Å²) in [4.78, 5) is 0. The van der Waals surface area contributed by atoms with Crippen LogP contribution >= 0.6 is 11.8 Å². The van der Waals surface area contributed by atoms with Crippen LogP contribution in [0.2, 0.25) is 0 Å². The lowest BCUT2D eigenvalue weighted by Gasteiger charge is -2.38. The molecule has 0 heterocycles. The second-order valence-electron chi connectivity index (χ2n) is 6.42. The first-order chi connectivity index (χ1) is 9.33. The molecule has 120 valence electrons. The quantitative estimate of drug-likeness (QED) is 0.746. The number of thioether (sulfide) groups is 1. The molecule has 1 fully saturated rings. The lowest BCUT2D eigenvalue weighted by molar-refractivity contribution is 0.246. The van der Waals surface area contributed by atoms with E-state index in [-0.39, 0.29) is 0 Å². The fourth-order valence-electron chi connectivity index (χ4n) is 2.86. The number of nitrogens with one attached hydrogen (secondary N) is 1. The second kappa shape index (κ2) is 8.64. The topological polar surface area (TPSA) is 46.2 Å². The maximum absolute atomic E-state index is 11.3. The Morgan fingerprint density at radius 1 is 1.30 bits per heavy atom. The third-order valence-electron chi connectivity index (χ3n) is 4.22. The standard InChI is InChI=1S/C15H31NO2S2/c1-5-8-16-14-7-6-13(12(2)3)11-15(14)19-9-10-20(4,17)18/h12-16H,5-11H2,1-4H3. The third-order valence-corrected chi connectivity index (χ3v) is 6.81. The maximum Gasteiger partial charge on any atom is 0.148 e. The summed E-state index contributed by atoms with van der Waals surface area (Å²) in [5.41, 5.74) is 0. The summed E-state index contributed by atoms with van der Waals surface area (Å²) in [6, 6.07) is 0.564. The molecule has 0 aromatic heterocycles. The molecule has 0 saturated heterocycles. The molecule has 3 atom stereocenters. The monoisotopic (exact) mass is 321 g/mol. The zero-order valence-corrected chi connectivity index (χ0v) is 15.0. The average Bonchev–Trinajstić information content (AvgIpc) is 2.35. The summed E-state index contributed by atoms with van der Waals surface area (Å²) in [6.45, 7) is 7.88. The summed E-state index contributed by atoms with van der Waals surface area (Å²) in [5.74, 6) is 2.57. The SMILES string of the molecule is CCCNC1CCC(C(C)C)CC1SCCS(C)(=O)=O. The number of hydrogen-bond donors (Lipinski definition) is 1. The number of sulfone groups is 1. The predicted molar refractivity (Wildman–Crippen MR) is 90.2 cm³/mol. The van der Waals surface area contributed by atoms with Crippen molar-refractivity contribution in [1.82, 2.24) is 5.32 Å². The van der Waals surface area contributed by atoms with Crippen molar-refractivity contribution >= 4 is 21.6 Å². The largest absolute Gasteiger partial charge is 0.313 e. The summed E-state index contributed by atoms with van der Waals surface area (Å²) < 4.78 is 22.5. The van der Waals surface area contributed by atoms with Crippen molar-refractivity contribution in [1.29, 1.82) is 0 Å². The van der Waals surface area contributed by atoms with Crippen LogP contribution in [0.15, 0.2) is 0 Å². The first-order valence-corrected chi connectivity index (χ1v) is 11.0. The van der Waals surface area contributed by atoms with Crippen LogP contribution in [0.1, 0.15) is 46.5 Å². The summed E-state index contributed by atoms with van der Waals surface area (Å²) >= 11 is 1.86. The highest BCUT2D eigenvalue weighted by molar-refractivity contribution is 8.01. The zero-order chi connectivity index (χ0) is 15.2. The van der Waals surface area contributed by atoms with Crippen LogP contribution in [-0.4, -0.2) is 44.0 Å². The molecule has 0 amide bonds. The van der Waals surface area contributed by atoms with Gasteiger partial charge in [0.25, 0.3) is 0 Å². The van der Waals surface area contributed by atoms with Gasteiger partial charge in [0.1, 0.15) is 9.84 Å². The number of hydrogen-bond acceptors (Lipinski definition) is 4. The van der Waals surface area contributed by atoms with Crippen molar-refractivity contribution in [3.63, 3.8) is 0 Å². The summed E-state index contributed by atoms with van der Waals surface area (Å²) in [5, 5.41) is 4.23. The molecule has 0 aliphatic heterocycles. The van der Waals surface area contributed by atoms with Gasteiger partial charge in [-0.15, -0.1) is 0 Å². The Hall–Kier alpha value is 0.260. The van der Waals surface area contributed by atoms with Crippen molar-refractivity contribution in [2.75, 3.05) is 24.3 Å². The Bertz CT molecular complexity index is 368. The van der Waals surface area contributed by atoms with E-state index in [4.69, 9.17) is 0 Å². The smallest absolute Gasteiger partial charge is 0.148 e. The Balaban J connectivity index is 2.52. The van der Waals surface area contributed by atoms with E-state index in [1.807, 2.05) is 11.8 Å². The highest BCUT2D eigenvalue weighted by atomic mass is 32.2. The van der Waals surface area contributed by atoms with Crippen LogP contribution in [-0.2, 0) is 9.84 Å². The van der Waals surface area contributed by atoms with Crippen molar-refractivity contribution in [3.8, 4) is 0 Å². The molecule has 0 aromatic carbocycles. The highest BCUT2D eigenvalue weighted by Crippen LogP contribution is 2.36. The summed E-state index contributed by atoms with van der Waals surface area (Å²) in [7, 11) is -2.83. The molecule has 5 heteroatoms. The van der Waals surface area contributed by atoms with E-state index in [2.05, 4.69) is 26.1 Å². The van der Waals surface area contributed by atoms with Gasteiger partial charge in [0.05, 0.1) is 5.75 Å². The van der Waals surface area contributed by atoms with Gasteiger partial charge >= 0.3 is 0 Å². The fourth-order valence-corrected chi connectivity index (χ4v) is 5.61. The molecule has 1 rings (SSSR count). The van der Waals surface area contributed by atoms with Gasteiger partial charge in [-0.25, -0.2) is 8.42 Å². The first-order valence-electron chi connectivity index (χ1n) is 7.86.